The van der Waals surface area contributed by atoms with Crippen LogP contribution in [0.2, 0.25) is 0 Å². The molecule has 2 rings (SSSR count). The summed E-state index contributed by atoms with van der Waals surface area (Å²) in [5.41, 5.74) is 1.93. The molecule has 0 aliphatic carbocycles. The van der Waals surface area contributed by atoms with Crippen molar-refractivity contribution in [3.05, 3.63) is 69.4 Å². The molecule has 1 heterocycles. The molecule has 102 valence electrons. The number of aryl methyl sites for hydroxylation is 1. The molecule has 1 N–H and O–H groups in total. The minimum Gasteiger partial charge on any atom is -0.384 e. The lowest BCUT2D eigenvalue weighted by Crippen LogP contribution is -2.21. The first-order valence-corrected chi connectivity index (χ1v) is 6.16. The van der Waals surface area contributed by atoms with E-state index in [9.17, 15) is 9.18 Å². The highest BCUT2D eigenvalue weighted by Gasteiger charge is 2.06. The van der Waals surface area contributed by atoms with Gasteiger partial charge in [0.1, 0.15) is 12.4 Å². The molecule has 0 saturated heterocycles. The van der Waals surface area contributed by atoms with Gasteiger partial charge < -0.3 is 9.67 Å². The summed E-state index contributed by atoms with van der Waals surface area (Å²) < 4.78 is 14.9. The minimum atomic E-state index is -0.395. The van der Waals surface area contributed by atoms with Crippen molar-refractivity contribution in [2.45, 2.75) is 13.5 Å². The van der Waals surface area contributed by atoms with Crippen molar-refractivity contribution in [3.63, 3.8) is 0 Å². The molecule has 0 fully saturated rings. The average molecular weight is 271 g/mol. The molecule has 20 heavy (non-hydrogen) atoms. The maximum absolute atomic E-state index is 13.3. The number of pyridine rings is 1. The topological polar surface area (TPSA) is 42.2 Å². The van der Waals surface area contributed by atoms with Gasteiger partial charge in [0.2, 0.25) is 0 Å². The molecule has 1 aromatic carbocycles. The van der Waals surface area contributed by atoms with Crippen LogP contribution < -0.4 is 5.56 Å². The standard InChI is InChI=1S/C16H14FNO2/c1-12-4-2-6-16(20)18(12)11-14-7-8-15(17)10-13(14)5-3-9-19/h2,4,6-8,10,19H,9,11H2,1H3. The van der Waals surface area contributed by atoms with Crippen molar-refractivity contribution >= 4 is 0 Å². The Balaban J connectivity index is 2.46. The smallest absolute Gasteiger partial charge is 0.251 e. The van der Waals surface area contributed by atoms with E-state index in [2.05, 4.69) is 11.8 Å². The van der Waals surface area contributed by atoms with Crippen molar-refractivity contribution in [1.82, 2.24) is 4.57 Å². The maximum atomic E-state index is 13.3. The second-order valence-electron chi connectivity index (χ2n) is 4.35. The molecule has 1 aromatic heterocycles. The summed E-state index contributed by atoms with van der Waals surface area (Å²) in [5, 5.41) is 8.74. The molecule has 0 amide bonds. The van der Waals surface area contributed by atoms with Gasteiger partial charge in [-0.05, 0) is 30.7 Å². The molecular formula is C16H14FNO2. The van der Waals surface area contributed by atoms with E-state index < -0.39 is 5.82 Å². The highest BCUT2D eigenvalue weighted by atomic mass is 19.1. The SMILES string of the molecule is Cc1cccc(=O)n1Cc1ccc(F)cc1C#CCO. The maximum Gasteiger partial charge on any atom is 0.251 e. The van der Waals surface area contributed by atoms with E-state index in [-0.39, 0.29) is 12.2 Å². The van der Waals surface area contributed by atoms with Gasteiger partial charge in [0, 0.05) is 17.3 Å². The fourth-order valence-corrected chi connectivity index (χ4v) is 1.93. The lowest BCUT2D eigenvalue weighted by Gasteiger charge is -2.11. The molecule has 0 aliphatic rings. The van der Waals surface area contributed by atoms with E-state index in [0.29, 0.717) is 12.1 Å². The van der Waals surface area contributed by atoms with Crippen LogP contribution in [0, 0.1) is 24.6 Å². The Morgan fingerprint density at radius 3 is 2.80 bits per heavy atom. The summed E-state index contributed by atoms with van der Waals surface area (Å²) >= 11 is 0. The third-order valence-corrected chi connectivity index (χ3v) is 2.97. The summed E-state index contributed by atoms with van der Waals surface area (Å²) in [6.07, 6.45) is 0. The van der Waals surface area contributed by atoms with Gasteiger partial charge >= 0.3 is 0 Å². The van der Waals surface area contributed by atoms with Gasteiger partial charge in [-0.15, -0.1) is 0 Å². The number of rotatable bonds is 2. The average Bonchev–Trinajstić information content (AvgIpc) is 2.42. The molecular weight excluding hydrogens is 257 g/mol. The Morgan fingerprint density at radius 2 is 2.10 bits per heavy atom. The van der Waals surface area contributed by atoms with E-state index >= 15 is 0 Å². The molecule has 2 aromatic rings. The van der Waals surface area contributed by atoms with Gasteiger partial charge in [0.25, 0.3) is 5.56 Å². The van der Waals surface area contributed by atoms with Gasteiger partial charge in [-0.3, -0.25) is 4.79 Å². The molecule has 3 nitrogen and oxygen atoms in total. The van der Waals surface area contributed by atoms with Crippen molar-refractivity contribution in [1.29, 1.82) is 0 Å². The fourth-order valence-electron chi connectivity index (χ4n) is 1.93. The number of aliphatic hydroxyl groups is 1. The van der Waals surface area contributed by atoms with E-state index in [4.69, 9.17) is 5.11 Å². The van der Waals surface area contributed by atoms with Gasteiger partial charge in [0.15, 0.2) is 0 Å². The Kier molecular flexibility index (Phi) is 4.34. The van der Waals surface area contributed by atoms with Crippen LogP contribution >= 0.6 is 0 Å². The van der Waals surface area contributed by atoms with Crippen LogP contribution in [0.5, 0.6) is 0 Å². The number of aromatic nitrogens is 1. The molecule has 0 spiro atoms. The summed E-state index contributed by atoms with van der Waals surface area (Å²) in [6.45, 7) is 1.87. The van der Waals surface area contributed by atoms with E-state index in [0.717, 1.165) is 11.3 Å². The van der Waals surface area contributed by atoms with Gasteiger partial charge in [-0.1, -0.05) is 24.0 Å². The molecule has 0 bridgehead atoms. The number of nitrogens with zero attached hydrogens (tertiary/aromatic N) is 1. The number of hydrogen-bond acceptors (Lipinski definition) is 2. The lowest BCUT2D eigenvalue weighted by atomic mass is 10.1. The minimum absolute atomic E-state index is 0.115. The molecule has 0 unspecified atom stereocenters. The van der Waals surface area contributed by atoms with Gasteiger partial charge in [-0.25, -0.2) is 4.39 Å². The monoisotopic (exact) mass is 271 g/mol. The summed E-state index contributed by atoms with van der Waals surface area (Å²) in [7, 11) is 0. The first-order valence-electron chi connectivity index (χ1n) is 6.16. The van der Waals surface area contributed by atoms with Crippen LogP contribution in [0.15, 0.2) is 41.2 Å². The molecule has 0 saturated carbocycles. The highest BCUT2D eigenvalue weighted by molar-refractivity contribution is 5.42. The van der Waals surface area contributed by atoms with Crippen LogP contribution in [0.4, 0.5) is 4.39 Å². The predicted molar refractivity (Wildman–Crippen MR) is 74.9 cm³/mol. The third kappa shape index (κ3) is 3.14. The molecule has 4 heteroatoms. The molecule has 0 aliphatic heterocycles. The lowest BCUT2D eigenvalue weighted by molar-refractivity contribution is 0.350. The van der Waals surface area contributed by atoms with Gasteiger partial charge in [-0.2, -0.15) is 0 Å². The number of benzene rings is 1. The van der Waals surface area contributed by atoms with Crippen LogP contribution in [0.25, 0.3) is 0 Å². The zero-order valence-corrected chi connectivity index (χ0v) is 11.1. The Morgan fingerprint density at radius 1 is 1.30 bits per heavy atom. The van der Waals surface area contributed by atoms with Crippen molar-refractivity contribution in [2.75, 3.05) is 6.61 Å². The van der Waals surface area contributed by atoms with Crippen LogP contribution in [-0.2, 0) is 6.54 Å². The molecule has 0 atom stereocenters. The van der Waals surface area contributed by atoms with Crippen molar-refractivity contribution in [2.24, 2.45) is 0 Å². The summed E-state index contributed by atoms with van der Waals surface area (Å²) in [6, 6.07) is 9.27. The normalized spacial score (nSPS) is 9.95. The van der Waals surface area contributed by atoms with Crippen LogP contribution in [0.3, 0.4) is 0 Å². The van der Waals surface area contributed by atoms with Crippen molar-refractivity contribution in [3.8, 4) is 11.8 Å². The summed E-state index contributed by atoms with van der Waals surface area (Å²) in [4.78, 5) is 11.8. The first kappa shape index (κ1) is 14.0. The number of hydrogen-bond donors (Lipinski definition) is 1. The van der Waals surface area contributed by atoms with Crippen molar-refractivity contribution < 1.29 is 9.50 Å². The zero-order valence-electron chi connectivity index (χ0n) is 11.1. The third-order valence-electron chi connectivity index (χ3n) is 2.97. The Bertz CT molecular complexity index is 738. The largest absolute Gasteiger partial charge is 0.384 e. The second kappa shape index (κ2) is 6.18. The predicted octanol–water partition coefficient (Wildman–Crippen LogP) is 1.69. The fraction of sp³-hybridized carbons (Fsp3) is 0.188. The first-order chi connectivity index (χ1) is 9.61. The van der Waals surface area contributed by atoms with Gasteiger partial charge in [0.05, 0.1) is 6.54 Å². The van der Waals surface area contributed by atoms with Crippen LogP contribution in [0.1, 0.15) is 16.8 Å². The number of halogens is 1. The second-order valence-corrected chi connectivity index (χ2v) is 4.35. The molecule has 0 radical (unpaired) electrons. The zero-order chi connectivity index (χ0) is 14.5. The highest BCUT2D eigenvalue weighted by Crippen LogP contribution is 2.12. The van der Waals surface area contributed by atoms with E-state index in [1.54, 1.807) is 16.7 Å². The summed E-state index contributed by atoms with van der Waals surface area (Å²) in [5.74, 6) is 4.81. The van der Waals surface area contributed by atoms with E-state index in [1.165, 1.54) is 18.2 Å². The quantitative estimate of drug-likeness (QED) is 0.845. The van der Waals surface area contributed by atoms with E-state index in [1.807, 2.05) is 13.0 Å². The number of aliphatic hydroxyl groups excluding tert-OH is 1. The Hall–Kier alpha value is -2.38. The Labute approximate surface area is 116 Å². The van der Waals surface area contributed by atoms with Crippen LogP contribution in [-0.4, -0.2) is 16.3 Å².